The fraction of sp³-hybridized carbons (Fsp3) is 0.333. The molecule has 3 rings (SSSR count). The summed E-state index contributed by atoms with van der Waals surface area (Å²) in [6.07, 6.45) is 0.318. The standard InChI is InChI=1S/C21H24N2O3/c1-3-26-19-11-7-10-18(15-19)23-13-12-22(16(2)21(23)25)20(24)14-17-8-5-4-6-9-17/h4-11,15-16H,3,12-14H2,1-2H3. The molecule has 136 valence electrons. The molecule has 2 aromatic rings. The zero-order valence-corrected chi connectivity index (χ0v) is 15.2. The fourth-order valence-corrected chi connectivity index (χ4v) is 3.25. The van der Waals surface area contributed by atoms with Crippen LogP contribution in [0.25, 0.3) is 0 Å². The number of nitrogens with zero attached hydrogens (tertiary/aromatic N) is 2. The van der Waals surface area contributed by atoms with E-state index in [9.17, 15) is 9.59 Å². The summed E-state index contributed by atoms with van der Waals surface area (Å²) in [4.78, 5) is 28.9. The summed E-state index contributed by atoms with van der Waals surface area (Å²) in [6, 6.07) is 16.7. The van der Waals surface area contributed by atoms with Crippen molar-refractivity contribution < 1.29 is 14.3 Å². The molecule has 0 saturated carbocycles. The molecule has 1 unspecified atom stereocenters. The normalized spacial score (nSPS) is 17.3. The van der Waals surface area contributed by atoms with Crippen LogP contribution in [0.15, 0.2) is 54.6 Å². The van der Waals surface area contributed by atoms with E-state index < -0.39 is 6.04 Å². The molecule has 1 fully saturated rings. The Hall–Kier alpha value is -2.82. The number of piperazine rings is 1. The van der Waals surface area contributed by atoms with Crippen LogP contribution in [-0.2, 0) is 16.0 Å². The van der Waals surface area contributed by atoms with Crippen molar-refractivity contribution in [2.75, 3.05) is 24.6 Å². The van der Waals surface area contributed by atoms with E-state index in [2.05, 4.69) is 0 Å². The molecule has 1 heterocycles. The third-order valence-corrected chi connectivity index (χ3v) is 4.61. The molecule has 1 atom stereocenters. The fourth-order valence-electron chi connectivity index (χ4n) is 3.25. The molecule has 2 aromatic carbocycles. The quantitative estimate of drug-likeness (QED) is 0.831. The summed E-state index contributed by atoms with van der Waals surface area (Å²) in [5, 5.41) is 0. The van der Waals surface area contributed by atoms with Crippen molar-refractivity contribution in [2.45, 2.75) is 26.3 Å². The van der Waals surface area contributed by atoms with Crippen molar-refractivity contribution in [2.24, 2.45) is 0 Å². The van der Waals surface area contributed by atoms with Gasteiger partial charge in [0.1, 0.15) is 11.8 Å². The number of rotatable bonds is 5. The van der Waals surface area contributed by atoms with Crippen LogP contribution < -0.4 is 9.64 Å². The molecule has 26 heavy (non-hydrogen) atoms. The second-order valence-corrected chi connectivity index (χ2v) is 6.35. The van der Waals surface area contributed by atoms with E-state index >= 15 is 0 Å². The summed E-state index contributed by atoms with van der Waals surface area (Å²) in [5.74, 6) is 0.666. The van der Waals surface area contributed by atoms with Gasteiger partial charge in [-0.2, -0.15) is 0 Å². The molecule has 0 bridgehead atoms. The lowest BCUT2D eigenvalue weighted by atomic mass is 10.1. The smallest absolute Gasteiger partial charge is 0.249 e. The number of amides is 2. The van der Waals surface area contributed by atoms with Gasteiger partial charge in [-0.1, -0.05) is 36.4 Å². The SMILES string of the molecule is CCOc1cccc(N2CCN(C(=O)Cc3ccccc3)C(C)C2=O)c1. The van der Waals surface area contributed by atoms with Gasteiger partial charge in [-0.25, -0.2) is 0 Å². The van der Waals surface area contributed by atoms with Crippen LogP contribution in [-0.4, -0.2) is 42.5 Å². The Labute approximate surface area is 154 Å². The predicted molar refractivity (Wildman–Crippen MR) is 101 cm³/mol. The number of carbonyl (C=O) groups excluding carboxylic acids is 2. The molecule has 5 heteroatoms. The van der Waals surface area contributed by atoms with Gasteiger partial charge < -0.3 is 14.5 Å². The van der Waals surface area contributed by atoms with Crippen molar-refractivity contribution >= 4 is 17.5 Å². The van der Waals surface area contributed by atoms with E-state index in [1.807, 2.05) is 61.5 Å². The third kappa shape index (κ3) is 3.87. The Morgan fingerprint density at radius 1 is 1.12 bits per heavy atom. The molecule has 1 aliphatic rings. The number of anilines is 1. The Kier molecular flexibility index (Phi) is 5.56. The maximum atomic E-state index is 12.9. The van der Waals surface area contributed by atoms with E-state index in [1.54, 1.807) is 16.7 Å². The number of carbonyl (C=O) groups is 2. The van der Waals surface area contributed by atoms with E-state index in [0.29, 0.717) is 26.1 Å². The Bertz CT molecular complexity index is 776. The first-order chi connectivity index (χ1) is 12.6. The average Bonchev–Trinajstić information content (AvgIpc) is 2.65. The first-order valence-electron chi connectivity index (χ1n) is 8.97. The average molecular weight is 352 g/mol. The van der Waals surface area contributed by atoms with Crippen LogP contribution in [0.3, 0.4) is 0 Å². The van der Waals surface area contributed by atoms with Crippen molar-refractivity contribution in [3.8, 4) is 5.75 Å². The van der Waals surface area contributed by atoms with E-state index in [0.717, 1.165) is 17.0 Å². The lowest BCUT2D eigenvalue weighted by molar-refractivity contribution is -0.140. The highest BCUT2D eigenvalue weighted by atomic mass is 16.5. The van der Waals surface area contributed by atoms with Crippen LogP contribution >= 0.6 is 0 Å². The maximum Gasteiger partial charge on any atom is 0.249 e. The second-order valence-electron chi connectivity index (χ2n) is 6.35. The minimum absolute atomic E-state index is 0.0141. The van der Waals surface area contributed by atoms with Gasteiger partial charge in [0.15, 0.2) is 0 Å². The first-order valence-corrected chi connectivity index (χ1v) is 8.97. The number of benzene rings is 2. The topological polar surface area (TPSA) is 49.9 Å². The Balaban J connectivity index is 1.70. The summed E-state index contributed by atoms with van der Waals surface area (Å²) >= 11 is 0. The van der Waals surface area contributed by atoms with Gasteiger partial charge in [0.05, 0.1) is 13.0 Å². The Morgan fingerprint density at radius 3 is 2.62 bits per heavy atom. The van der Waals surface area contributed by atoms with Gasteiger partial charge >= 0.3 is 0 Å². The molecular weight excluding hydrogens is 328 g/mol. The van der Waals surface area contributed by atoms with Crippen molar-refractivity contribution in [1.82, 2.24) is 4.90 Å². The van der Waals surface area contributed by atoms with Crippen molar-refractivity contribution in [1.29, 1.82) is 0 Å². The third-order valence-electron chi connectivity index (χ3n) is 4.61. The zero-order valence-electron chi connectivity index (χ0n) is 15.2. The van der Waals surface area contributed by atoms with E-state index in [1.165, 1.54) is 0 Å². The van der Waals surface area contributed by atoms with Crippen LogP contribution in [0, 0.1) is 0 Å². The van der Waals surface area contributed by atoms with Crippen LogP contribution in [0.1, 0.15) is 19.4 Å². The zero-order chi connectivity index (χ0) is 18.5. The van der Waals surface area contributed by atoms with Gasteiger partial charge in [0.25, 0.3) is 0 Å². The molecule has 5 nitrogen and oxygen atoms in total. The van der Waals surface area contributed by atoms with Crippen molar-refractivity contribution in [3.63, 3.8) is 0 Å². The van der Waals surface area contributed by atoms with Gasteiger partial charge in [-0.15, -0.1) is 0 Å². The van der Waals surface area contributed by atoms with Gasteiger partial charge in [0, 0.05) is 24.8 Å². The molecular formula is C21H24N2O3. The Morgan fingerprint density at radius 2 is 1.88 bits per heavy atom. The minimum atomic E-state index is -0.476. The molecule has 1 aliphatic heterocycles. The largest absolute Gasteiger partial charge is 0.494 e. The lowest BCUT2D eigenvalue weighted by Gasteiger charge is -2.39. The summed E-state index contributed by atoms with van der Waals surface area (Å²) in [6.45, 7) is 5.31. The summed E-state index contributed by atoms with van der Waals surface area (Å²) in [5.41, 5.74) is 1.77. The van der Waals surface area contributed by atoms with E-state index in [-0.39, 0.29) is 11.8 Å². The highest BCUT2D eigenvalue weighted by molar-refractivity contribution is 6.00. The maximum absolute atomic E-state index is 12.9. The van der Waals surface area contributed by atoms with Crippen LogP contribution in [0.5, 0.6) is 5.75 Å². The summed E-state index contributed by atoms with van der Waals surface area (Å²) in [7, 11) is 0. The molecule has 0 aromatic heterocycles. The molecule has 0 radical (unpaired) electrons. The first kappa shape index (κ1) is 18.0. The van der Waals surface area contributed by atoms with Crippen LogP contribution in [0.2, 0.25) is 0 Å². The molecule has 0 N–H and O–H groups in total. The number of hydrogen-bond donors (Lipinski definition) is 0. The monoisotopic (exact) mass is 352 g/mol. The van der Waals surface area contributed by atoms with Crippen LogP contribution in [0.4, 0.5) is 5.69 Å². The molecule has 1 saturated heterocycles. The second kappa shape index (κ2) is 8.04. The van der Waals surface area contributed by atoms with Gasteiger partial charge in [0.2, 0.25) is 11.8 Å². The highest BCUT2D eigenvalue weighted by Gasteiger charge is 2.34. The highest BCUT2D eigenvalue weighted by Crippen LogP contribution is 2.25. The molecule has 2 amide bonds. The van der Waals surface area contributed by atoms with Gasteiger partial charge in [-0.3, -0.25) is 9.59 Å². The predicted octanol–water partition coefficient (Wildman–Crippen LogP) is 2.89. The minimum Gasteiger partial charge on any atom is -0.494 e. The lowest BCUT2D eigenvalue weighted by Crippen LogP contribution is -2.58. The number of hydrogen-bond acceptors (Lipinski definition) is 3. The number of ether oxygens (including phenoxy) is 1. The van der Waals surface area contributed by atoms with Crippen molar-refractivity contribution in [3.05, 3.63) is 60.2 Å². The summed E-state index contributed by atoms with van der Waals surface area (Å²) < 4.78 is 5.52. The van der Waals surface area contributed by atoms with E-state index in [4.69, 9.17) is 4.74 Å². The molecule has 0 aliphatic carbocycles. The molecule has 0 spiro atoms. The van der Waals surface area contributed by atoms with Gasteiger partial charge in [-0.05, 0) is 31.5 Å².